The van der Waals surface area contributed by atoms with Crippen LogP contribution >= 0.6 is 11.6 Å². The predicted molar refractivity (Wildman–Crippen MR) is 72.8 cm³/mol. The minimum Gasteiger partial charge on any atom is -0.398 e. The molecule has 1 amide bonds. The van der Waals surface area contributed by atoms with Crippen molar-refractivity contribution in [1.82, 2.24) is 4.98 Å². The van der Waals surface area contributed by atoms with Crippen LogP contribution in [0.15, 0.2) is 36.4 Å². The molecule has 2 rings (SSSR count). The Morgan fingerprint density at radius 3 is 2.78 bits per heavy atom. The molecule has 4 nitrogen and oxygen atoms in total. The number of amides is 1. The van der Waals surface area contributed by atoms with Gasteiger partial charge in [0.15, 0.2) is 0 Å². The number of carbonyl (C=O) groups excluding carboxylic acids is 1. The summed E-state index contributed by atoms with van der Waals surface area (Å²) in [7, 11) is 0. The van der Waals surface area contributed by atoms with Crippen molar-refractivity contribution in [2.75, 3.05) is 11.1 Å². The molecule has 2 aromatic rings. The number of rotatable bonds is 2. The Labute approximate surface area is 110 Å². The van der Waals surface area contributed by atoms with Crippen molar-refractivity contribution >= 4 is 29.0 Å². The van der Waals surface area contributed by atoms with Crippen LogP contribution in [0.1, 0.15) is 16.1 Å². The number of aromatic nitrogens is 1. The van der Waals surface area contributed by atoms with Crippen molar-refractivity contribution < 1.29 is 4.79 Å². The molecule has 18 heavy (non-hydrogen) atoms. The second-order valence-corrected chi connectivity index (χ2v) is 4.26. The zero-order valence-corrected chi connectivity index (χ0v) is 10.5. The highest BCUT2D eigenvalue weighted by molar-refractivity contribution is 6.33. The fourth-order valence-electron chi connectivity index (χ4n) is 1.49. The molecule has 3 N–H and O–H groups in total. The Kier molecular flexibility index (Phi) is 3.48. The summed E-state index contributed by atoms with van der Waals surface area (Å²) in [5.41, 5.74) is 7.31. The number of nitrogens with zero attached hydrogens (tertiary/aromatic N) is 1. The number of pyridine rings is 1. The number of nitrogens with two attached hydrogens (primary N) is 1. The largest absolute Gasteiger partial charge is 0.398 e. The number of hydrogen-bond acceptors (Lipinski definition) is 3. The number of anilines is 2. The van der Waals surface area contributed by atoms with Crippen molar-refractivity contribution in [3.05, 3.63) is 52.7 Å². The number of nitrogens with one attached hydrogen (secondary N) is 1. The van der Waals surface area contributed by atoms with Gasteiger partial charge in [-0.05, 0) is 37.3 Å². The van der Waals surface area contributed by atoms with E-state index in [-0.39, 0.29) is 5.91 Å². The van der Waals surface area contributed by atoms with Crippen LogP contribution < -0.4 is 11.1 Å². The smallest absolute Gasteiger partial charge is 0.256 e. The highest BCUT2D eigenvalue weighted by Crippen LogP contribution is 2.20. The van der Waals surface area contributed by atoms with Gasteiger partial charge in [-0.1, -0.05) is 17.7 Å². The summed E-state index contributed by atoms with van der Waals surface area (Å²) in [5, 5.41) is 3.13. The van der Waals surface area contributed by atoms with Gasteiger partial charge in [-0.3, -0.25) is 4.79 Å². The number of carbonyl (C=O) groups is 1. The molecule has 5 heteroatoms. The standard InChI is InChI=1S/C13H12ClN3O/c1-8-3-2-4-12(16-8)17-13(18)9-5-6-10(14)11(15)7-9/h2-7H,15H2,1H3,(H,16,17,18). The molecule has 1 aromatic carbocycles. The van der Waals surface area contributed by atoms with Gasteiger partial charge in [0.2, 0.25) is 0 Å². The van der Waals surface area contributed by atoms with Gasteiger partial charge in [-0.15, -0.1) is 0 Å². The molecular formula is C13H12ClN3O. The van der Waals surface area contributed by atoms with Crippen LogP contribution in [-0.4, -0.2) is 10.9 Å². The highest BCUT2D eigenvalue weighted by atomic mass is 35.5. The lowest BCUT2D eigenvalue weighted by atomic mass is 10.2. The molecule has 0 saturated carbocycles. The average molecular weight is 262 g/mol. The fourth-order valence-corrected chi connectivity index (χ4v) is 1.60. The van der Waals surface area contributed by atoms with Crippen molar-refractivity contribution in [3.63, 3.8) is 0 Å². The summed E-state index contributed by atoms with van der Waals surface area (Å²) in [5.74, 6) is 0.241. The predicted octanol–water partition coefficient (Wildman–Crippen LogP) is 2.88. The number of nitrogen functional groups attached to an aromatic ring is 1. The van der Waals surface area contributed by atoms with Crippen molar-refractivity contribution in [3.8, 4) is 0 Å². The zero-order valence-electron chi connectivity index (χ0n) is 9.77. The van der Waals surface area contributed by atoms with Gasteiger partial charge in [0, 0.05) is 11.3 Å². The fraction of sp³-hybridized carbons (Fsp3) is 0.0769. The van der Waals surface area contributed by atoms with Gasteiger partial charge in [-0.25, -0.2) is 4.98 Å². The van der Waals surface area contributed by atoms with Gasteiger partial charge < -0.3 is 11.1 Å². The summed E-state index contributed by atoms with van der Waals surface area (Å²) in [6, 6.07) is 10.2. The third-order valence-corrected chi connectivity index (χ3v) is 2.73. The van der Waals surface area contributed by atoms with E-state index in [2.05, 4.69) is 10.3 Å². The summed E-state index contributed by atoms with van der Waals surface area (Å²) >= 11 is 5.80. The van der Waals surface area contributed by atoms with E-state index < -0.39 is 0 Å². The van der Waals surface area contributed by atoms with Crippen molar-refractivity contribution in [1.29, 1.82) is 0 Å². The van der Waals surface area contributed by atoms with Crippen molar-refractivity contribution in [2.24, 2.45) is 0 Å². The molecule has 1 heterocycles. The third-order valence-electron chi connectivity index (χ3n) is 2.39. The van der Waals surface area contributed by atoms with Crippen LogP contribution in [0.4, 0.5) is 11.5 Å². The zero-order chi connectivity index (χ0) is 13.1. The molecule has 0 aliphatic rings. The summed E-state index contributed by atoms with van der Waals surface area (Å²) < 4.78 is 0. The van der Waals surface area contributed by atoms with Crippen LogP contribution in [0.25, 0.3) is 0 Å². The van der Waals surface area contributed by atoms with Crippen LogP contribution in [-0.2, 0) is 0 Å². The number of benzene rings is 1. The first kappa shape index (κ1) is 12.4. The average Bonchev–Trinajstić information content (AvgIpc) is 2.32. The minimum atomic E-state index is -0.267. The van der Waals surface area contributed by atoms with E-state index in [0.29, 0.717) is 22.1 Å². The normalized spacial score (nSPS) is 10.1. The van der Waals surface area contributed by atoms with E-state index in [4.69, 9.17) is 17.3 Å². The van der Waals surface area contributed by atoms with Gasteiger partial charge in [0.1, 0.15) is 5.82 Å². The van der Waals surface area contributed by atoms with Crippen LogP contribution in [0, 0.1) is 6.92 Å². The van der Waals surface area contributed by atoms with Crippen molar-refractivity contribution in [2.45, 2.75) is 6.92 Å². The van der Waals surface area contributed by atoms with E-state index in [9.17, 15) is 4.79 Å². The van der Waals surface area contributed by atoms with E-state index in [1.807, 2.05) is 19.1 Å². The first-order valence-electron chi connectivity index (χ1n) is 5.36. The van der Waals surface area contributed by atoms with Gasteiger partial charge >= 0.3 is 0 Å². The molecule has 0 radical (unpaired) electrons. The molecule has 1 aromatic heterocycles. The molecule has 0 saturated heterocycles. The summed E-state index contributed by atoms with van der Waals surface area (Å²) in [4.78, 5) is 16.1. The maximum absolute atomic E-state index is 11.9. The molecule has 0 bridgehead atoms. The lowest BCUT2D eigenvalue weighted by Crippen LogP contribution is -2.13. The van der Waals surface area contributed by atoms with E-state index in [0.717, 1.165) is 5.69 Å². The first-order chi connectivity index (χ1) is 8.56. The maximum Gasteiger partial charge on any atom is 0.256 e. The molecular weight excluding hydrogens is 250 g/mol. The first-order valence-corrected chi connectivity index (χ1v) is 5.74. The number of hydrogen-bond donors (Lipinski definition) is 2. The van der Waals surface area contributed by atoms with Crippen LogP contribution in [0.5, 0.6) is 0 Å². The number of aryl methyl sites for hydroxylation is 1. The third kappa shape index (κ3) is 2.78. The molecule has 0 fully saturated rings. The molecule has 0 spiro atoms. The number of halogens is 1. The van der Waals surface area contributed by atoms with Crippen LogP contribution in [0.2, 0.25) is 5.02 Å². The molecule has 0 aliphatic carbocycles. The Morgan fingerprint density at radius 2 is 2.11 bits per heavy atom. The topological polar surface area (TPSA) is 68.0 Å². The molecule has 0 unspecified atom stereocenters. The quantitative estimate of drug-likeness (QED) is 0.817. The van der Waals surface area contributed by atoms with E-state index in [1.165, 1.54) is 6.07 Å². The molecule has 92 valence electrons. The Morgan fingerprint density at radius 1 is 1.33 bits per heavy atom. The summed E-state index contributed by atoms with van der Waals surface area (Å²) in [6.45, 7) is 1.86. The van der Waals surface area contributed by atoms with Gasteiger partial charge in [-0.2, -0.15) is 0 Å². The second kappa shape index (κ2) is 5.06. The lowest BCUT2D eigenvalue weighted by molar-refractivity contribution is 0.102. The molecule has 0 aliphatic heterocycles. The Balaban J connectivity index is 2.19. The Hall–Kier alpha value is -2.07. The second-order valence-electron chi connectivity index (χ2n) is 3.85. The monoisotopic (exact) mass is 261 g/mol. The van der Waals surface area contributed by atoms with Gasteiger partial charge in [0.05, 0.1) is 10.7 Å². The SMILES string of the molecule is Cc1cccc(NC(=O)c2ccc(Cl)c(N)c2)n1. The van der Waals surface area contributed by atoms with Gasteiger partial charge in [0.25, 0.3) is 5.91 Å². The maximum atomic E-state index is 11.9. The van der Waals surface area contributed by atoms with E-state index in [1.54, 1.807) is 18.2 Å². The summed E-state index contributed by atoms with van der Waals surface area (Å²) in [6.07, 6.45) is 0. The van der Waals surface area contributed by atoms with E-state index >= 15 is 0 Å². The highest BCUT2D eigenvalue weighted by Gasteiger charge is 2.08. The Bertz CT molecular complexity index is 599. The molecule has 0 atom stereocenters. The lowest BCUT2D eigenvalue weighted by Gasteiger charge is -2.06. The minimum absolute atomic E-state index is 0.267. The van der Waals surface area contributed by atoms with Crippen LogP contribution in [0.3, 0.4) is 0 Å².